The monoisotopic (exact) mass is 291 g/mol. The highest BCUT2D eigenvalue weighted by atomic mass is 35.5. The van der Waals surface area contributed by atoms with Gasteiger partial charge in [-0.1, -0.05) is 24.6 Å². The van der Waals surface area contributed by atoms with Crippen molar-refractivity contribution < 1.29 is 0 Å². The minimum Gasteiger partial charge on any atom is -0.262 e. The molecule has 1 heterocycles. The first-order valence-corrected chi connectivity index (χ1v) is 7.82. The Morgan fingerprint density at radius 2 is 2.06 bits per heavy atom. The summed E-state index contributed by atoms with van der Waals surface area (Å²) in [6.07, 6.45) is 6.01. The van der Waals surface area contributed by atoms with Gasteiger partial charge < -0.3 is 0 Å². The average Bonchev–Trinajstić information content (AvgIpc) is 2.81. The summed E-state index contributed by atoms with van der Waals surface area (Å²) in [5, 5.41) is 8.15. The average molecular weight is 292 g/mol. The third-order valence-electron chi connectivity index (χ3n) is 3.59. The molecule has 0 spiro atoms. The molecule has 0 aliphatic heterocycles. The van der Waals surface area contributed by atoms with Gasteiger partial charge in [-0.3, -0.25) is 5.10 Å². The second kappa shape index (κ2) is 4.63. The number of halogens is 2. The molecule has 2 aliphatic carbocycles. The molecule has 1 aromatic rings. The van der Waals surface area contributed by atoms with Crippen LogP contribution < -0.4 is 0 Å². The van der Waals surface area contributed by atoms with Gasteiger partial charge >= 0.3 is 0 Å². The van der Waals surface area contributed by atoms with Crippen LogP contribution in [0.1, 0.15) is 43.8 Å². The molecule has 0 bridgehead atoms. The predicted molar refractivity (Wildman–Crippen MR) is 70.9 cm³/mol. The highest BCUT2D eigenvalue weighted by Crippen LogP contribution is 2.54. The number of hydrogen-bond donors (Lipinski definition) is 1. The SMILES string of the molecule is ClC1(Cl)CC1CSc1n[nH]c(C2CCCC2)n1. The fourth-order valence-electron chi connectivity index (χ4n) is 2.33. The molecule has 2 saturated carbocycles. The number of aromatic nitrogens is 3. The van der Waals surface area contributed by atoms with Crippen molar-refractivity contribution in [2.45, 2.75) is 47.5 Å². The summed E-state index contributed by atoms with van der Waals surface area (Å²) >= 11 is 13.6. The lowest BCUT2D eigenvalue weighted by atomic mass is 10.1. The Kier molecular flexibility index (Phi) is 3.30. The summed E-state index contributed by atoms with van der Waals surface area (Å²) in [4.78, 5) is 4.55. The number of aromatic amines is 1. The second-order valence-electron chi connectivity index (χ2n) is 4.96. The van der Waals surface area contributed by atoms with Crippen molar-refractivity contribution in [1.82, 2.24) is 15.2 Å². The molecular formula is C11H15Cl2N3S. The van der Waals surface area contributed by atoms with Crippen molar-refractivity contribution in [2.24, 2.45) is 5.92 Å². The predicted octanol–water partition coefficient (Wildman–Crippen LogP) is 3.75. The zero-order chi connectivity index (χ0) is 11.9. The molecule has 2 aliphatic rings. The Morgan fingerprint density at radius 1 is 1.35 bits per heavy atom. The Bertz CT molecular complexity index is 401. The summed E-state index contributed by atoms with van der Waals surface area (Å²) in [5.41, 5.74) is 0. The lowest BCUT2D eigenvalue weighted by Crippen LogP contribution is -1.95. The van der Waals surface area contributed by atoms with Crippen molar-refractivity contribution >= 4 is 35.0 Å². The number of hydrogen-bond acceptors (Lipinski definition) is 3. The van der Waals surface area contributed by atoms with E-state index in [0.29, 0.717) is 11.8 Å². The Balaban J connectivity index is 1.54. The van der Waals surface area contributed by atoms with E-state index < -0.39 is 4.33 Å². The quantitative estimate of drug-likeness (QED) is 0.679. The van der Waals surface area contributed by atoms with Gasteiger partial charge in [-0.15, -0.1) is 28.3 Å². The first-order valence-electron chi connectivity index (χ1n) is 6.08. The van der Waals surface area contributed by atoms with E-state index in [1.54, 1.807) is 11.8 Å². The first kappa shape index (κ1) is 12.1. The van der Waals surface area contributed by atoms with Crippen LogP contribution in [0.4, 0.5) is 0 Å². The van der Waals surface area contributed by atoms with Crippen molar-refractivity contribution in [2.75, 3.05) is 5.75 Å². The number of alkyl halides is 2. The van der Waals surface area contributed by atoms with Gasteiger partial charge in [0.25, 0.3) is 0 Å². The molecule has 1 atom stereocenters. The van der Waals surface area contributed by atoms with Crippen molar-refractivity contribution in [3.05, 3.63) is 5.82 Å². The van der Waals surface area contributed by atoms with E-state index in [4.69, 9.17) is 23.2 Å². The molecule has 17 heavy (non-hydrogen) atoms. The molecule has 3 rings (SSSR count). The van der Waals surface area contributed by atoms with Crippen LogP contribution >= 0.6 is 35.0 Å². The molecule has 2 fully saturated rings. The number of nitrogens with zero attached hydrogens (tertiary/aromatic N) is 2. The summed E-state index contributed by atoms with van der Waals surface area (Å²) in [6, 6.07) is 0. The van der Waals surface area contributed by atoms with E-state index in [1.165, 1.54) is 25.7 Å². The standard InChI is InChI=1S/C11H15Cl2N3S/c12-11(13)5-8(11)6-17-10-14-9(15-16-10)7-3-1-2-4-7/h7-8H,1-6H2,(H,14,15,16). The molecule has 94 valence electrons. The van der Waals surface area contributed by atoms with E-state index in [1.807, 2.05) is 0 Å². The lowest BCUT2D eigenvalue weighted by Gasteiger charge is -2.01. The molecule has 0 aromatic carbocycles. The van der Waals surface area contributed by atoms with Crippen LogP contribution in [-0.4, -0.2) is 25.3 Å². The molecule has 1 unspecified atom stereocenters. The smallest absolute Gasteiger partial charge is 0.208 e. The van der Waals surface area contributed by atoms with Crippen LogP contribution in [0.25, 0.3) is 0 Å². The number of H-pyrrole nitrogens is 1. The highest BCUT2D eigenvalue weighted by molar-refractivity contribution is 7.99. The van der Waals surface area contributed by atoms with Gasteiger partial charge in [-0.25, -0.2) is 4.98 Å². The molecule has 0 amide bonds. The third-order valence-corrected chi connectivity index (χ3v) is 5.53. The van der Waals surface area contributed by atoms with E-state index in [2.05, 4.69) is 15.2 Å². The van der Waals surface area contributed by atoms with Crippen molar-refractivity contribution in [3.8, 4) is 0 Å². The lowest BCUT2D eigenvalue weighted by molar-refractivity contribution is 0.671. The number of nitrogens with one attached hydrogen (secondary N) is 1. The summed E-state index contributed by atoms with van der Waals surface area (Å²) in [7, 11) is 0. The summed E-state index contributed by atoms with van der Waals surface area (Å²) in [6.45, 7) is 0. The van der Waals surface area contributed by atoms with Crippen LogP contribution in [0.5, 0.6) is 0 Å². The van der Waals surface area contributed by atoms with Gasteiger partial charge in [0.2, 0.25) is 5.16 Å². The normalized spacial score (nSPS) is 27.5. The van der Waals surface area contributed by atoms with Crippen LogP contribution in [0.2, 0.25) is 0 Å². The Morgan fingerprint density at radius 3 is 2.71 bits per heavy atom. The Labute approximate surface area is 115 Å². The van der Waals surface area contributed by atoms with Gasteiger partial charge in [0.15, 0.2) is 0 Å². The molecule has 0 saturated heterocycles. The highest BCUT2D eigenvalue weighted by Gasteiger charge is 2.51. The maximum absolute atomic E-state index is 5.99. The number of thioether (sulfide) groups is 1. The van der Waals surface area contributed by atoms with Gasteiger partial charge in [-0.2, -0.15) is 0 Å². The summed E-state index contributed by atoms with van der Waals surface area (Å²) < 4.78 is -0.489. The molecule has 1 aromatic heterocycles. The van der Waals surface area contributed by atoms with Crippen LogP contribution in [0.3, 0.4) is 0 Å². The van der Waals surface area contributed by atoms with E-state index in [9.17, 15) is 0 Å². The first-order chi connectivity index (χ1) is 8.15. The fourth-order valence-corrected chi connectivity index (χ4v) is 4.07. The molecule has 6 heteroatoms. The number of rotatable bonds is 4. The maximum atomic E-state index is 5.99. The zero-order valence-corrected chi connectivity index (χ0v) is 11.8. The zero-order valence-electron chi connectivity index (χ0n) is 9.46. The van der Waals surface area contributed by atoms with E-state index >= 15 is 0 Å². The van der Waals surface area contributed by atoms with Gasteiger partial charge in [0, 0.05) is 17.6 Å². The molecule has 0 radical (unpaired) electrons. The van der Waals surface area contributed by atoms with Crippen molar-refractivity contribution in [3.63, 3.8) is 0 Å². The van der Waals surface area contributed by atoms with Crippen LogP contribution in [0, 0.1) is 5.92 Å². The van der Waals surface area contributed by atoms with Crippen LogP contribution in [-0.2, 0) is 0 Å². The second-order valence-corrected chi connectivity index (χ2v) is 7.49. The summed E-state index contributed by atoms with van der Waals surface area (Å²) in [5.74, 6) is 2.96. The minimum atomic E-state index is -0.489. The fraction of sp³-hybridized carbons (Fsp3) is 0.818. The van der Waals surface area contributed by atoms with Gasteiger partial charge in [0.1, 0.15) is 10.2 Å². The Hall–Kier alpha value is 0.0700. The molecular weight excluding hydrogens is 277 g/mol. The molecule has 3 nitrogen and oxygen atoms in total. The van der Waals surface area contributed by atoms with Gasteiger partial charge in [-0.05, 0) is 19.3 Å². The van der Waals surface area contributed by atoms with E-state index in [-0.39, 0.29) is 0 Å². The maximum Gasteiger partial charge on any atom is 0.208 e. The molecule has 1 N–H and O–H groups in total. The third kappa shape index (κ3) is 2.74. The van der Waals surface area contributed by atoms with Crippen molar-refractivity contribution in [1.29, 1.82) is 0 Å². The van der Waals surface area contributed by atoms with E-state index in [0.717, 1.165) is 23.2 Å². The topological polar surface area (TPSA) is 41.6 Å². The van der Waals surface area contributed by atoms with Gasteiger partial charge in [0.05, 0.1) is 0 Å². The minimum absolute atomic E-state index is 0.393. The largest absolute Gasteiger partial charge is 0.262 e. The van der Waals surface area contributed by atoms with Crippen LogP contribution in [0.15, 0.2) is 5.16 Å².